The van der Waals surface area contributed by atoms with E-state index < -0.39 is 11.2 Å². The van der Waals surface area contributed by atoms with Gasteiger partial charge in [-0.25, -0.2) is 4.39 Å². The fraction of sp³-hybridized carbons (Fsp3) is 0.500. The van der Waals surface area contributed by atoms with Crippen molar-refractivity contribution in [3.05, 3.63) is 29.0 Å². The van der Waals surface area contributed by atoms with Crippen molar-refractivity contribution >= 4 is 23.2 Å². The van der Waals surface area contributed by atoms with Gasteiger partial charge in [0.1, 0.15) is 5.82 Å². The Morgan fingerprint density at radius 1 is 1.47 bits per heavy atom. The molecule has 5 heteroatoms. The van der Waals surface area contributed by atoms with E-state index in [4.69, 9.17) is 11.6 Å². The Hall–Kier alpha value is -1.13. The molecule has 0 aromatic heterocycles. The molecule has 0 radical (unpaired) electrons. The average molecular weight is 285 g/mol. The summed E-state index contributed by atoms with van der Waals surface area (Å²) in [6, 6.07) is 4.39. The molecule has 0 aliphatic carbocycles. The zero-order valence-electron chi connectivity index (χ0n) is 10.9. The molecule has 1 aliphatic heterocycles. The van der Waals surface area contributed by atoms with Crippen LogP contribution in [0.2, 0.25) is 5.02 Å². The molecule has 1 saturated heterocycles. The van der Waals surface area contributed by atoms with Gasteiger partial charge in [0.25, 0.3) is 0 Å². The second-order valence-electron chi connectivity index (χ2n) is 4.93. The average Bonchev–Trinajstić information content (AvgIpc) is 2.43. The highest BCUT2D eigenvalue weighted by atomic mass is 35.5. The number of hydrogen-bond acceptors (Lipinski definition) is 2. The van der Waals surface area contributed by atoms with Crippen LogP contribution >= 0.6 is 11.6 Å². The molecule has 1 aromatic rings. The summed E-state index contributed by atoms with van der Waals surface area (Å²) in [7, 11) is 0. The van der Waals surface area contributed by atoms with Gasteiger partial charge in [-0.05, 0) is 44.5 Å². The van der Waals surface area contributed by atoms with Gasteiger partial charge in [-0.1, -0.05) is 24.6 Å². The van der Waals surface area contributed by atoms with Gasteiger partial charge in [-0.15, -0.1) is 0 Å². The molecule has 2 N–H and O–H groups in total. The predicted molar refractivity (Wildman–Crippen MR) is 74.9 cm³/mol. The van der Waals surface area contributed by atoms with Gasteiger partial charge in [0, 0.05) is 0 Å². The predicted octanol–water partition coefficient (Wildman–Crippen LogP) is 3.20. The first-order valence-electron chi connectivity index (χ1n) is 6.55. The molecule has 3 nitrogen and oxygen atoms in total. The van der Waals surface area contributed by atoms with Gasteiger partial charge < -0.3 is 10.6 Å². The third-order valence-electron chi connectivity index (χ3n) is 3.92. The summed E-state index contributed by atoms with van der Waals surface area (Å²) < 4.78 is 13.7. The molecule has 0 saturated carbocycles. The minimum absolute atomic E-state index is 0.0838. The fourth-order valence-electron chi connectivity index (χ4n) is 2.51. The van der Waals surface area contributed by atoms with Gasteiger partial charge >= 0.3 is 0 Å². The van der Waals surface area contributed by atoms with Crippen LogP contribution in [-0.4, -0.2) is 19.0 Å². The Morgan fingerprint density at radius 2 is 2.16 bits per heavy atom. The van der Waals surface area contributed by atoms with Gasteiger partial charge in [0.05, 0.1) is 16.1 Å². The molecular weight excluding hydrogens is 267 g/mol. The van der Waals surface area contributed by atoms with E-state index in [2.05, 4.69) is 10.6 Å². The number of rotatable bonds is 3. The molecule has 2 rings (SSSR count). The number of carbonyl (C=O) groups excluding carboxylic acids is 1. The number of nitrogens with one attached hydrogen (secondary N) is 2. The fourth-order valence-corrected chi connectivity index (χ4v) is 2.72. The van der Waals surface area contributed by atoms with E-state index in [-0.39, 0.29) is 16.6 Å². The van der Waals surface area contributed by atoms with Gasteiger partial charge in [-0.3, -0.25) is 4.79 Å². The van der Waals surface area contributed by atoms with Crippen molar-refractivity contribution in [2.45, 2.75) is 26.2 Å². The highest BCUT2D eigenvalue weighted by molar-refractivity contribution is 6.33. The second-order valence-corrected chi connectivity index (χ2v) is 5.34. The van der Waals surface area contributed by atoms with Crippen molar-refractivity contribution in [1.29, 1.82) is 0 Å². The number of para-hydroxylation sites is 1. The number of piperidine rings is 1. The van der Waals surface area contributed by atoms with Crippen molar-refractivity contribution in [3.63, 3.8) is 0 Å². The Balaban J connectivity index is 2.20. The number of hydrogen-bond donors (Lipinski definition) is 2. The van der Waals surface area contributed by atoms with Crippen LogP contribution in [0.4, 0.5) is 10.1 Å². The summed E-state index contributed by atoms with van der Waals surface area (Å²) in [6.07, 6.45) is 2.27. The Kier molecular flexibility index (Phi) is 4.42. The first-order chi connectivity index (χ1) is 9.09. The summed E-state index contributed by atoms with van der Waals surface area (Å²) in [4.78, 5) is 12.5. The lowest BCUT2D eigenvalue weighted by Crippen LogP contribution is -2.44. The lowest BCUT2D eigenvalue weighted by molar-refractivity contribution is -0.127. The summed E-state index contributed by atoms with van der Waals surface area (Å²) >= 11 is 5.93. The Labute approximate surface area is 117 Å². The van der Waals surface area contributed by atoms with Gasteiger partial charge in [0.15, 0.2) is 0 Å². The maximum atomic E-state index is 13.7. The van der Waals surface area contributed by atoms with Gasteiger partial charge in [0.2, 0.25) is 5.91 Å². The molecule has 0 spiro atoms. The molecule has 0 unspecified atom stereocenters. The number of anilines is 1. The largest absolute Gasteiger partial charge is 0.322 e. The first kappa shape index (κ1) is 14.3. The molecular formula is C14H18ClFN2O. The first-order valence-corrected chi connectivity index (χ1v) is 6.93. The molecule has 1 aliphatic rings. The molecule has 1 aromatic carbocycles. The number of halogens is 2. The van der Waals surface area contributed by atoms with Crippen LogP contribution in [0.3, 0.4) is 0 Å². The molecule has 104 valence electrons. The Bertz CT molecular complexity index is 452. The van der Waals surface area contributed by atoms with E-state index in [9.17, 15) is 9.18 Å². The van der Waals surface area contributed by atoms with Crippen LogP contribution in [0.15, 0.2) is 18.2 Å². The number of amides is 1. The highest BCUT2D eigenvalue weighted by Crippen LogP contribution is 2.35. The zero-order valence-corrected chi connectivity index (χ0v) is 11.7. The van der Waals surface area contributed by atoms with E-state index >= 15 is 0 Å². The number of carbonyl (C=O) groups is 1. The van der Waals surface area contributed by atoms with E-state index in [0.717, 1.165) is 32.4 Å². The smallest absolute Gasteiger partial charge is 0.230 e. The lowest BCUT2D eigenvalue weighted by atomic mass is 9.76. The van der Waals surface area contributed by atoms with E-state index in [1.807, 2.05) is 6.92 Å². The van der Waals surface area contributed by atoms with Crippen molar-refractivity contribution in [1.82, 2.24) is 5.32 Å². The van der Waals surface area contributed by atoms with Crippen LogP contribution in [0.1, 0.15) is 26.2 Å². The summed E-state index contributed by atoms with van der Waals surface area (Å²) in [5.74, 6) is -0.635. The van der Waals surface area contributed by atoms with E-state index in [1.165, 1.54) is 12.1 Å². The van der Waals surface area contributed by atoms with Crippen molar-refractivity contribution in [3.8, 4) is 0 Å². The molecule has 0 atom stereocenters. The van der Waals surface area contributed by atoms with Crippen LogP contribution in [0, 0.1) is 11.2 Å². The van der Waals surface area contributed by atoms with Crippen LogP contribution < -0.4 is 10.6 Å². The summed E-state index contributed by atoms with van der Waals surface area (Å²) in [5.41, 5.74) is -0.336. The standard InChI is InChI=1S/C14H18ClFN2O/c1-2-14(6-8-17-9-7-14)13(19)18-12-10(15)4-3-5-11(12)16/h3-5,17H,2,6-9H2,1H3,(H,18,19). The maximum absolute atomic E-state index is 13.7. The molecule has 0 bridgehead atoms. The zero-order chi connectivity index (χ0) is 13.9. The topological polar surface area (TPSA) is 41.1 Å². The monoisotopic (exact) mass is 284 g/mol. The number of benzene rings is 1. The Morgan fingerprint density at radius 3 is 2.74 bits per heavy atom. The molecule has 1 heterocycles. The lowest BCUT2D eigenvalue weighted by Gasteiger charge is -2.35. The molecule has 1 amide bonds. The third-order valence-corrected chi connectivity index (χ3v) is 4.24. The summed E-state index contributed by atoms with van der Waals surface area (Å²) in [5, 5.41) is 6.13. The second kappa shape index (κ2) is 5.88. The molecule has 1 fully saturated rings. The van der Waals surface area contributed by atoms with E-state index in [1.54, 1.807) is 6.07 Å². The van der Waals surface area contributed by atoms with Crippen LogP contribution in [-0.2, 0) is 4.79 Å². The van der Waals surface area contributed by atoms with Crippen LogP contribution in [0.5, 0.6) is 0 Å². The summed E-state index contributed by atoms with van der Waals surface area (Å²) in [6.45, 7) is 3.62. The quantitative estimate of drug-likeness (QED) is 0.895. The van der Waals surface area contributed by atoms with Crippen molar-refractivity contribution in [2.24, 2.45) is 5.41 Å². The third kappa shape index (κ3) is 2.90. The van der Waals surface area contributed by atoms with E-state index in [0.29, 0.717) is 0 Å². The van der Waals surface area contributed by atoms with Crippen molar-refractivity contribution < 1.29 is 9.18 Å². The minimum atomic E-state index is -0.499. The minimum Gasteiger partial charge on any atom is -0.322 e. The van der Waals surface area contributed by atoms with Crippen molar-refractivity contribution in [2.75, 3.05) is 18.4 Å². The van der Waals surface area contributed by atoms with Gasteiger partial charge in [-0.2, -0.15) is 0 Å². The normalized spacial score (nSPS) is 18.1. The highest BCUT2D eigenvalue weighted by Gasteiger charge is 2.38. The van der Waals surface area contributed by atoms with Crippen LogP contribution in [0.25, 0.3) is 0 Å². The maximum Gasteiger partial charge on any atom is 0.230 e. The molecule has 19 heavy (non-hydrogen) atoms. The SMILES string of the molecule is CCC1(C(=O)Nc2c(F)cccc2Cl)CCNCC1.